The Balaban J connectivity index is 1.91. The van der Waals surface area contributed by atoms with Gasteiger partial charge in [-0.15, -0.1) is 0 Å². The predicted octanol–water partition coefficient (Wildman–Crippen LogP) is 6.87. The lowest BCUT2D eigenvalue weighted by molar-refractivity contribution is -0.132. The van der Waals surface area contributed by atoms with Gasteiger partial charge >= 0.3 is 0 Å². The standard InChI is InChI=1S/C33H38N2O4/c1-8-34(9-2)26-15-12-24(13-16-26)30-29(31(36)25-14-17-28(23(7)19-25)39-20(3)4)32(37)33(38)35(30)27-18-21(5)10-11-22(27)6/h10-20,30,36H,8-9H2,1-7H3/b31-29-. The minimum atomic E-state index is -0.775. The van der Waals surface area contributed by atoms with Crippen LogP contribution in [0.3, 0.4) is 0 Å². The molecule has 0 saturated carbocycles. The van der Waals surface area contributed by atoms with E-state index in [2.05, 4.69) is 18.7 Å². The third-order valence-electron chi connectivity index (χ3n) is 7.22. The summed E-state index contributed by atoms with van der Waals surface area (Å²) in [5.41, 5.74) is 5.69. The maximum Gasteiger partial charge on any atom is 0.300 e. The molecular formula is C33H38N2O4. The van der Waals surface area contributed by atoms with Crippen molar-refractivity contribution in [2.45, 2.75) is 60.6 Å². The molecule has 39 heavy (non-hydrogen) atoms. The Labute approximate surface area is 231 Å². The largest absolute Gasteiger partial charge is 0.507 e. The number of rotatable bonds is 8. The molecule has 4 rings (SSSR count). The third kappa shape index (κ3) is 5.42. The second-order valence-electron chi connectivity index (χ2n) is 10.4. The van der Waals surface area contributed by atoms with Crippen LogP contribution in [0.1, 0.15) is 61.6 Å². The summed E-state index contributed by atoms with van der Waals surface area (Å²) in [5.74, 6) is -0.843. The Morgan fingerprint density at radius 1 is 0.923 bits per heavy atom. The van der Waals surface area contributed by atoms with Crippen molar-refractivity contribution in [1.29, 1.82) is 0 Å². The number of Topliss-reactive ketones (excluding diaryl/α,β-unsaturated/α-hetero) is 1. The van der Waals surface area contributed by atoms with Crippen molar-refractivity contribution in [2.24, 2.45) is 0 Å². The van der Waals surface area contributed by atoms with Crippen LogP contribution in [0.15, 0.2) is 66.2 Å². The predicted molar refractivity (Wildman–Crippen MR) is 158 cm³/mol. The summed E-state index contributed by atoms with van der Waals surface area (Å²) in [4.78, 5) is 31.0. The number of amides is 1. The topological polar surface area (TPSA) is 70.1 Å². The molecule has 6 nitrogen and oxygen atoms in total. The van der Waals surface area contributed by atoms with Gasteiger partial charge in [0, 0.05) is 30.0 Å². The van der Waals surface area contributed by atoms with E-state index in [1.807, 2.05) is 77.1 Å². The molecule has 6 heteroatoms. The molecule has 0 spiro atoms. The van der Waals surface area contributed by atoms with Gasteiger partial charge in [-0.1, -0.05) is 24.3 Å². The van der Waals surface area contributed by atoms with Crippen LogP contribution in [-0.4, -0.2) is 36.0 Å². The van der Waals surface area contributed by atoms with Gasteiger partial charge in [-0.05, 0) is 107 Å². The third-order valence-corrected chi connectivity index (χ3v) is 7.22. The van der Waals surface area contributed by atoms with Gasteiger partial charge in [-0.3, -0.25) is 14.5 Å². The zero-order valence-electron chi connectivity index (χ0n) is 23.9. The molecule has 0 bridgehead atoms. The number of ether oxygens (including phenoxy) is 1. The molecule has 1 unspecified atom stereocenters. The summed E-state index contributed by atoms with van der Waals surface area (Å²) in [6.07, 6.45) is 0.00496. The molecule has 1 saturated heterocycles. The van der Waals surface area contributed by atoms with E-state index in [4.69, 9.17) is 4.74 Å². The first kappa shape index (κ1) is 28.0. The first-order chi connectivity index (χ1) is 18.6. The van der Waals surface area contributed by atoms with Crippen molar-refractivity contribution in [3.05, 3.63) is 94.1 Å². The summed E-state index contributed by atoms with van der Waals surface area (Å²) in [6.45, 7) is 15.6. The van der Waals surface area contributed by atoms with Crippen molar-refractivity contribution in [3.63, 3.8) is 0 Å². The van der Waals surface area contributed by atoms with Crippen LogP contribution < -0.4 is 14.5 Å². The highest BCUT2D eigenvalue weighted by Gasteiger charge is 2.47. The van der Waals surface area contributed by atoms with Gasteiger partial charge in [0.15, 0.2) is 0 Å². The van der Waals surface area contributed by atoms with Gasteiger partial charge < -0.3 is 14.7 Å². The first-order valence-electron chi connectivity index (χ1n) is 13.6. The molecule has 1 atom stereocenters. The van der Waals surface area contributed by atoms with Crippen molar-refractivity contribution in [1.82, 2.24) is 0 Å². The van der Waals surface area contributed by atoms with Crippen molar-refractivity contribution < 1.29 is 19.4 Å². The monoisotopic (exact) mass is 526 g/mol. The maximum atomic E-state index is 13.6. The van der Waals surface area contributed by atoms with Crippen LogP contribution in [-0.2, 0) is 9.59 Å². The van der Waals surface area contributed by atoms with Gasteiger partial charge in [0.05, 0.1) is 17.7 Å². The lowest BCUT2D eigenvalue weighted by Crippen LogP contribution is -2.30. The van der Waals surface area contributed by atoms with Gasteiger partial charge in [0.1, 0.15) is 11.5 Å². The molecule has 1 amide bonds. The van der Waals surface area contributed by atoms with Crippen LogP contribution >= 0.6 is 0 Å². The number of aliphatic hydroxyl groups is 1. The van der Waals surface area contributed by atoms with Gasteiger partial charge in [0.25, 0.3) is 11.7 Å². The fourth-order valence-electron chi connectivity index (χ4n) is 5.17. The highest BCUT2D eigenvalue weighted by Crippen LogP contribution is 2.44. The van der Waals surface area contributed by atoms with Gasteiger partial charge in [0.2, 0.25) is 0 Å². The summed E-state index contributed by atoms with van der Waals surface area (Å²) in [5, 5.41) is 11.6. The average Bonchev–Trinajstić information content (AvgIpc) is 3.17. The van der Waals surface area contributed by atoms with Crippen LogP contribution in [0.5, 0.6) is 5.75 Å². The minimum absolute atomic E-state index is 0.00496. The maximum absolute atomic E-state index is 13.6. The molecule has 0 radical (unpaired) electrons. The van der Waals surface area contributed by atoms with Gasteiger partial charge in [-0.25, -0.2) is 0 Å². The summed E-state index contributed by atoms with van der Waals surface area (Å²) >= 11 is 0. The van der Waals surface area contributed by atoms with Crippen LogP contribution in [0.4, 0.5) is 11.4 Å². The number of hydrogen-bond acceptors (Lipinski definition) is 5. The fourth-order valence-corrected chi connectivity index (χ4v) is 5.17. The molecule has 1 N–H and O–H groups in total. The lowest BCUT2D eigenvalue weighted by Gasteiger charge is -2.28. The normalized spacial score (nSPS) is 16.7. The molecule has 1 aliphatic rings. The number of nitrogens with zero attached hydrogens (tertiary/aromatic N) is 2. The zero-order chi connectivity index (χ0) is 28.4. The number of aliphatic hydroxyl groups excluding tert-OH is 1. The molecule has 3 aromatic carbocycles. The quantitative estimate of drug-likeness (QED) is 0.197. The SMILES string of the molecule is CCN(CC)c1ccc(C2/C(=C(/O)c3ccc(OC(C)C)c(C)c3)C(=O)C(=O)N2c2cc(C)ccc2C)cc1. The van der Waals surface area contributed by atoms with E-state index < -0.39 is 17.7 Å². The Bertz CT molecular complexity index is 1420. The molecule has 204 valence electrons. The fraction of sp³-hybridized carbons (Fsp3) is 0.333. The van der Waals surface area contributed by atoms with E-state index >= 15 is 0 Å². The number of hydrogen-bond donors (Lipinski definition) is 1. The second-order valence-corrected chi connectivity index (χ2v) is 10.4. The number of benzene rings is 3. The van der Waals surface area contributed by atoms with E-state index in [1.54, 1.807) is 18.2 Å². The highest BCUT2D eigenvalue weighted by molar-refractivity contribution is 6.51. The molecular weight excluding hydrogens is 488 g/mol. The minimum Gasteiger partial charge on any atom is -0.507 e. The molecule has 1 aliphatic heterocycles. The summed E-state index contributed by atoms with van der Waals surface area (Å²) in [7, 11) is 0. The smallest absolute Gasteiger partial charge is 0.300 e. The molecule has 0 aromatic heterocycles. The van der Waals surface area contributed by atoms with Crippen molar-refractivity contribution in [3.8, 4) is 5.75 Å². The molecule has 3 aromatic rings. The number of carbonyl (C=O) groups is 2. The number of aryl methyl sites for hydroxylation is 3. The van der Waals surface area contributed by atoms with Crippen LogP contribution in [0.25, 0.3) is 5.76 Å². The second kappa shape index (κ2) is 11.4. The van der Waals surface area contributed by atoms with E-state index in [0.29, 0.717) is 17.0 Å². The van der Waals surface area contributed by atoms with E-state index in [9.17, 15) is 14.7 Å². The van der Waals surface area contributed by atoms with Crippen LogP contribution in [0.2, 0.25) is 0 Å². The van der Waals surface area contributed by atoms with Crippen molar-refractivity contribution in [2.75, 3.05) is 22.9 Å². The summed E-state index contributed by atoms with van der Waals surface area (Å²) in [6, 6.07) is 18.3. The first-order valence-corrected chi connectivity index (χ1v) is 13.6. The average molecular weight is 527 g/mol. The van der Waals surface area contributed by atoms with E-state index in [0.717, 1.165) is 41.0 Å². The Hall–Kier alpha value is -4.06. The zero-order valence-corrected chi connectivity index (χ0v) is 23.9. The summed E-state index contributed by atoms with van der Waals surface area (Å²) < 4.78 is 5.85. The number of ketones is 1. The Morgan fingerprint density at radius 2 is 1.59 bits per heavy atom. The van der Waals surface area contributed by atoms with E-state index in [1.165, 1.54) is 4.90 Å². The van der Waals surface area contributed by atoms with Crippen molar-refractivity contribution >= 4 is 28.8 Å². The number of carbonyl (C=O) groups excluding carboxylic acids is 2. The van der Waals surface area contributed by atoms with E-state index in [-0.39, 0.29) is 17.4 Å². The molecule has 1 fully saturated rings. The lowest BCUT2D eigenvalue weighted by atomic mass is 9.94. The Kier molecular flexibility index (Phi) is 8.14. The van der Waals surface area contributed by atoms with Gasteiger partial charge in [-0.2, -0.15) is 0 Å². The Morgan fingerprint density at radius 3 is 2.18 bits per heavy atom. The number of anilines is 2. The molecule has 1 heterocycles. The van der Waals surface area contributed by atoms with Crippen LogP contribution in [0, 0.1) is 20.8 Å². The highest BCUT2D eigenvalue weighted by atomic mass is 16.5. The molecule has 0 aliphatic carbocycles.